The number of hydrogen-bond acceptors (Lipinski definition) is 6. The molecular formula is C6H5NO6. The average Bonchev–Trinajstić information content (AvgIpc) is 2.07. The number of rotatable bonds is 1. The van der Waals surface area contributed by atoms with Crippen LogP contribution in [0.5, 0.6) is 23.0 Å². The van der Waals surface area contributed by atoms with Gasteiger partial charge in [-0.2, -0.15) is 0 Å². The van der Waals surface area contributed by atoms with Crippen molar-refractivity contribution in [3.05, 3.63) is 16.2 Å². The third-order valence-corrected chi connectivity index (χ3v) is 1.40. The fourth-order valence-corrected chi connectivity index (χ4v) is 0.760. The van der Waals surface area contributed by atoms with Gasteiger partial charge in [-0.1, -0.05) is 0 Å². The van der Waals surface area contributed by atoms with Gasteiger partial charge < -0.3 is 20.4 Å². The van der Waals surface area contributed by atoms with E-state index in [0.29, 0.717) is 6.07 Å². The van der Waals surface area contributed by atoms with Crippen LogP contribution < -0.4 is 0 Å². The molecule has 0 bridgehead atoms. The van der Waals surface area contributed by atoms with E-state index in [1.54, 1.807) is 0 Å². The second-order valence-corrected chi connectivity index (χ2v) is 2.22. The normalized spacial score (nSPS) is 9.85. The first-order valence-corrected chi connectivity index (χ1v) is 3.06. The van der Waals surface area contributed by atoms with Crippen LogP contribution in [-0.4, -0.2) is 25.3 Å². The number of nitrogens with zero attached hydrogens (tertiary/aromatic N) is 1. The molecule has 4 N–H and O–H groups in total. The molecule has 13 heavy (non-hydrogen) atoms. The maximum atomic E-state index is 10.2. The highest BCUT2D eigenvalue weighted by molar-refractivity contribution is 5.65. The van der Waals surface area contributed by atoms with Gasteiger partial charge in [-0.25, -0.2) is 0 Å². The topological polar surface area (TPSA) is 124 Å². The molecule has 0 saturated heterocycles. The molecule has 7 nitrogen and oxygen atoms in total. The fourth-order valence-electron chi connectivity index (χ4n) is 0.760. The molecule has 0 unspecified atom stereocenters. The van der Waals surface area contributed by atoms with Gasteiger partial charge in [0.05, 0.1) is 11.0 Å². The molecule has 0 spiro atoms. The number of nitro groups is 1. The highest BCUT2D eigenvalue weighted by atomic mass is 16.6. The van der Waals surface area contributed by atoms with Crippen molar-refractivity contribution in [2.75, 3.05) is 0 Å². The van der Waals surface area contributed by atoms with E-state index in [1.807, 2.05) is 0 Å². The summed E-state index contributed by atoms with van der Waals surface area (Å²) in [5.41, 5.74) is -0.882. The van der Waals surface area contributed by atoms with Crippen LogP contribution >= 0.6 is 0 Å². The second kappa shape index (κ2) is 2.70. The van der Waals surface area contributed by atoms with E-state index in [0.717, 1.165) is 0 Å². The van der Waals surface area contributed by atoms with E-state index in [-0.39, 0.29) is 0 Å². The monoisotopic (exact) mass is 187 g/mol. The lowest BCUT2D eigenvalue weighted by Crippen LogP contribution is -1.88. The van der Waals surface area contributed by atoms with E-state index < -0.39 is 33.6 Å². The third-order valence-electron chi connectivity index (χ3n) is 1.40. The molecule has 0 fully saturated rings. The van der Waals surface area contributed by atoms with Crippen molar-refractivity contribution < 1.29 is 25.3 Å². The van der Waals surface area contributed by atoms with Gasteiger partial charge in [0.2, 0.25) is 17.2 Å². The highest BCUT2D eigenvalue weighted by Gasteiger charge is 2.23. The number of phenolic OH excluding ortho intramolecular Hbond substituents is 4. The Hall–Kier alpha value is -2.18. The van der Waals surface area contributed by atoms with E-state index in [9.17, 15) is 10.1 Å². The molecule has 0 aliphatic rings. The first-order chi connectivity index (χ1) is 5.95. The Balaban J connectivity index is 3.50. The van der Waals surface area contributed by atoms with Gasteiger partial charge in [0.15, 0.2) is 5.75 Å². The van der Waals surface area contributed by atoms with Crippen molar-refractivity contribution in [2.24, 2.45) is 0 Å². The quantitative estimate of drug-likeness (QED) is 0.218. The van der Waals surface area contributed by atoms with Crippen molar-refractivity contribution >= 4 is 5.69 Å². The number of hydrogen-bond donors (Lipinski definition) is 4. The Labute approximate surface area is 71.3 Å². The molecule has 0 radical (unpaired) electrons. The van der Waals surface area contributed by atoms with Crippen LogP contribution in [-0.2, 0) is 0 Å². The summed E-state index contributed by atoms with van der Waals surface area (Å²) < 4.78 is 0. The number of benzene rings is 1. The van der Waals surface area contributed by atoms with E-state index >= 15 is 0 Å². The summed E-state index contributed by atoms with van der Waals surface area (Å²) in [4.78, 5) is 9.17. The minimum absolute atomic E-state index is 0.532. The number of phenols is 4. The molecule has 0 aliphatic heterocycles. The Kier molecular flexibility index (Phi) is 1.85. The third kappa shape index (κ3) is 1.26. The van der Waals surface area contributed by atoms with Crippen molar-refractivity contribution in [1.29, 1.82) is 0 Å². The molecule has 0 atom stereocenters. The standard InChI is InChI=1S/C6H5NO6/c8-3-1-2(7(12)13)4(9)6(11)5(3)10/h1,8-11H. The van der Waals surface area contributed by atoms with E-state index in [1.165, 1.54) is 0 Å². The summed E-state index contributed by atoms with van der Waals surface area (Å²) in [7, 11) is 0. The van der Waals surface area contributed by atoms with Crippen molar-refractivity contribution in [2.45, 2.75) is 0 Å². The van der Waals surface area contributed by atoms with Gasteiger partial charge in [-0.3, -0.25) is 10.1 Å². The molecule has 0 amide bonds. The lowest BCUT2D eigenvalue weighted by molar-refractivity contribution is -0.386. The lowest BCUT2D eigenvalue weighted by atomic mass is 10.2. The summed E-state index contributed by atoms with van der Waals surface area (Å²) in [5, 5.41) is 45.6. The Bertz CT molecular complexity index is 374. The Morgan fingerprint density at radius 2 is 1.62 bits per heavy atom. The number of nitro benzene ring substituents is 1. The van der Waals surface area contributed by atoms with Gasteiger partial charge in [0, 0.05) is 0 Å². The van der Waals surface area contributed by atoms with Crippen LogP contribution in [0.2, 0.25) is 0 Å². The van der Waals surface area contributed by atoms with Gasteiger partial charge in [0.1, 0.15) is 0 Å². The van der Waals surface area contributed by atoms with Crippen molar-refractivity contribution in [3.8, 4) is 23.0 Å². The Morgan fingerprint density at radius 1 is 1.08 bits per heavy atom. The maximum Gasteiger partial charge on any atom is 0.318 e. The fraction of sp³-hybridized carbons (Fsp3) is 0. The molecule has 0 saturated carbocycles. The van der Waals surface area contributed by atoms with Crippen molar-refractivity contribution in [1.82, 2.24) is 0 Å². The van der Waals surface area contributed by atoms with Gasteiger partial charge in [-0.15, -0.1) is 0 Å². The summed E-state index contributed by atoms with van der Waals surface area (Å²) >= 11 is 0. The summed E-state index contributed by atoms with van der Waals surface area (Å²) in [6.45, 7) is 0. The number of aromatic hydroxyl groups is 4. The molecule has 70 valence electrons. The zero-order valence-corrected chi connectivity index (χ0v) is 6.13. The van der Waals surface area contributed by atoms with Crippen LogP contribution in [0.3, 0.4) is 0 Å². The summed E-state index contributed by atoms with van der Waals surface area (Å²) in [6.07, 6.45) is 0. The van der Waals surface area contributed by atoms with Crippen molar-refractivity contribution in [3.63, 3.8) is 0 Å². The van der Waals surface area contributed by atoms with Crippen LogP contribution in [0.1, 0.15) is 0 Å². The van der Waals surface area contributed by atoms with Gasteiger partial charge in [0.25, 0.3) is 0 Å². The zero-order valence-electron chi connectivity index (χ0n) is 6.13. The maximum absolute atomic E-state index is 10.2. The first-order valence-electron chi connectivity index (χ1n) is 3.06. The predicted octanol–water partition coefficient (Wildman–Crippen LogP) is 0.417. The summed E-state index contributed by atoms with van der Waals surface area (Å²) in [5.74, 6) is -4.07. The Morgan fingerprint density at radius 3 is 2.08 bits per heavy atom. The van der Waals surface area contributed by atoms with Crippen LogP contribution in [0.15, 0.2) is 6.07 Å². The lowest BCUT2D eigenvalue weighted by Gasteiger charge is -2.02. The summed E-state index contributed by atoms with van der Waals surface area (Å²) in [6, 6.07) is 0.532. The molecule has 1 aromatic carbocycles. The van der Waals surface area contributed by atoms with Crippen LogP contribution in [0.4, 0.5) is 5.69 Å². The highest BCUT2D eigenvalue weighted by Crippen LogP contribution is 2.46. The predicted molar refractivity (Wildman–Crippen MR) is 39.8 cm³/mol. The molecule has 0 aromatic heterocycles. The molecule has 0 heterocycles. The first kappa shape index (κ1) is 8.91. The van der Waals surface area contributed by atoms with Crippen LogP contribution in [0.25, 0.3) is 0 Å². The van der Waals surface area contributed by atoms with E-state index in [2.05, 4.69) is 0 Å². The van der Waals surface area contributed by atoms with Gasteiger partial charge in [-0.05, 0) is 0 Å². The molecule has 1 aromatic rings. The second-order valence-electron chi connectivity index (χ2n) is 2.22. The molecular weight excluding hydrogens is 182 g/mol. The largest absolute Gasteiger partial charge is 0.504 e. The van der Waals surface area contributed by atoms with Gasteiger partial charge >= 0.3 is 5.69 Å². The molecule has 7 heteroatoms. The minimum atomic E-state index is -1.12. The minimum Gasteiger partial charge on any atom is -0.504 e. The van der Waals surface area contributed by atoms with Crippen LogP contribution in [0, 0.1) is 10.1 Å². The smallest absolute Gasteiger partial charge is 0.318 e. The average molecular weight is 187 g/mol. The zero-order chi connectivity index (χ0) is 10.2. The van der Waals surface area contributed by atoms with E-state index in [4.69, 9.17) is 20.4 Å². The molecule has 1 rings (SSSR count). The SMILES string of the molecule is O=[N+]([O-])c1cc(O)c(O)c(O)c1O. The molecule has 0 aliphatic carbocycles.